The number of thiophene rings is 1. The van der Waals surface area contributed by atoms with Crippen LogP contribution in [0.15, 0.2) is 17.2 Å². The van der Waals surface area contributed by atoms with E-state index < -0.39 is 0 Å². The summed E-state index contributed by atoms with van der Waals surface area (Å²) in [6.07, 6.45) is 3.50. The van der Waals surface area contributed by atoms with Crippen molar-refractivity contribution in [1.29, 1.82) is 0 Å². The molecule has 0 amide bonds. The van der Waals surface area contributed by atoms with Gasteiger partial charge in [0.1, 0.15) is 4.83 Å². The first kappa shape index (κ1) is 11.3. The Morgan fingerprint density at radius 3 is 3.06 bits per heavy atom. The molecule has 0 fully saturated rings. The number of hydrogen-bond donors (Lipinski definition) is 1. The van der Waals surface area contributed by atoms with E-state index in [0.29, 0.717) is 13.1 Å². The lowest BCUT2D eigenvalue weighted by molar-refractivity contribution is 0.595. The Bertz CT molecular complexity index is 544. The first-order valence-corrected chi connectivity index (χ1v) is 6.19. The molecule has 0 aliphatic heterocycles. The maximum Gasteiger partial charge on any atom is 0.262 e. The molecule has 0 unspecified atom stereocenters. The summed E-state index contributed by atoms with van der Waals surface area (Å²) in [7, 11) is 0. The van der Waals surface area contributed by atoms with Crippen LogP contribution in [0.25, 0.3) is 10.2 Å². The van der Waals surface area contributed by atoms with E-state index in [0.717, 1.165) is 27.9 Å². The summed E-state index contributed by atoms with van der Waals surface area (Å²) in [6.45, 7) is 3.36. The van der Waals surface area contributed by atoms with Crippen molar-refractivity contribution in [2.75, 3.05) is 6.54 Å². The molecular weight excluding hydrogens is 222 g/mol. The van der Waals surface area contributed by atoms with Crippen LogP contribution in [-0.2, 0) is 6.54 Å². The second kappa shape index (κ2) is 4.76. The van der Waals surface area contributed by atoms with E-state index in [1.54, 1.807) is 22.2 Å². The SMILES string of the molecule is Cc1cc2c(=O)n(CCCCN)cnc2s1. The van der Waals surface area contributed by atoms with Gasteiger partial charge in [-0.2, -0.15) is 0 Å². The molecule has 2 N–H and O–H groups in total. The molecule has 2 aromatic rings. The zero-order valence-corrected chi connectivity index (χ0v) is 10.1. The maximum absolute atomic E-state index is 12.0. The van der Waals surface area contributed by atoms with Gasteiger partial charge in [-0.15, -0.1) is 11.3 Å². The summed E-state index contributed by atoms with van der Waals surface area (Å²) < 4.78 is 1.67. The third-order valence-electron chi connectivity index (χ3n) is 2.49. The summed E-state index contributed by atoms with van der Waals surface area (Å²) >= 11 is 1.56. The van der Waals surface area contributed by atoms with Crippen molar-refractivity contribution in [2.45, 2.75) is 26.3 Å². The van der Waals surface area contributed by atoms with Crippen LogP contribution in [-0.4, -0.2) is 16.1 Å². The molecule has 0 aliphatic carbocycles. The van der Waals surface area contributed by atoms with Gasteiger partial charge < -0.3 is 5.73 Å². The molecule has 0 bridgehead atoms. The number of unbranched alkanes of at least 4 members (excludes halogenated alkanes) is 1. The highest BCUT2D eigenvalue weighted by atomic mass is 32.1. The van der Waals surface area contributed by atoms with Crippen molar-refractivity contribution in [2.24, 2.45) is 5.73 Å². The molecule has 0 radical (unpaired) electrons. The van der Waals surface area contributed by atoms with Crippen LogP contribution < -0.4 is 11.3 Å². The molecule has 0 spiro atoms. The Kier molecular flexibility index (Phi) is 3.36. The van der Waals surface area contributed by atoms with Crippen LogP contribution >= 0.6 is 11.3 Å². The highest BCUT2D eigenvalue weighted by Crippen LogP contribution is 2.19. The van der Waals surface area contributed by atoms with Crippen molar-refractivity contribution in [3.8, 4) is 0 Å². The number of fused-ring (bicyclic) bond motifs is 1. The molecule has 0 saturated heterocycles. The van der Waals surface area contributed by atoms with Crippen LogP contribution in [0.4, 0.5) is 0 Å². The predicted molar refractivity (Wildman–Crippen MR) is 66.9 cm³/mol. The Morgan fingerprint density at radius 1 is 1.50 bits per heavy atom. The first-order chi connectivity index (χ1) is 7.72. The van der Waals surface area contributed by atoms with E-state index in [-0.39, 0.29) is 5.56 Å². The third kappa shape index (κ3) is 2.15. The van der Waals surface area contributed by atoms with Crippen molar-refractivity contribution in [3.05, 3.63) is 27.6 Å². The molecule has 86 valence electrons. The average molecular weight is 237 g/mol. The number of aromatic nitrogens is 2. The zero-order valence-electron chi connectivity index (χ0n) is 9.27. The lowest BCUT2D eigenvalue weighted by Gasteiger charge is -2.03. The van der Waals surface area contributed by atoms with E-state index in [9.17, 15) is 4.79 Å². The second-order valence-corrected chi connectivity index (χ2v) is 5.05. The highest BCUT2D eigenvalue weighted by Gasteiger charge is 2.06. The zero-order chi connectivity index (χ0) is 11.5. The highest BCUT2D eigenvalue weighted by molar-refractivity contribution is 7.18. The molecule has 4 nitrogen and oxygen atoms in total. The van der Waals surface area contributed by atoms with Crippen LogP contribution in [0.1, 0.15) is 17.7 Å². The van der Waals surface area contributed by atoms with Gasteiger partial charge in [-0.3, -0.25) is 9.36 Å². The monoisotopic (exact) mass is 237 g/mol. The Hall–Kier alpha value is -1.20. The molecule has 2 heterocycles. The van der Waals surface area contributed by atoms with E-state index >= 15 is 0 Å². The summed E-state index contributed by atoms with van der Waals surface area (Å²) in [4.78, 5) is 18.3. The Balaban J connectivity index is 2.33. The summed E-state index contributed by atoms with van der Waals surface area (Å²) in [5.41, 5.74) is 5.48. The van der Waals surface area contributed by atoms with Gasteiger partial charge in [0.05, 0.1) is 11.7 Å². The van der Waals surface area contributed by atoms with E-state index in [1.165, 1.54) is 0 Å². The van der Waals surface area contributed by atoms with E-state index in [2.05, 4.69) is 4.98 Å². The van der Waals surface area contributed by atoms with Crippen molar-refractivity contribution in [3.63, 3.8) is 0 Å². The van der Waals surface area contributed by atoms with Gasteiger partial charge in [0.2, 0.25) is 0 Å². The van der Waals surface area contributed by atoms with Gasteiger partial charge in [0.15, 0.2) is 0 Å². The van der Waals surface area contributed by atoms with Gasteiger partial charge in [-0.1, -0.05) is 0 Å². The number of hydrogen-bond acceptors (Lipinski definition) is 4. The Labute approximate surface area is 97.7 Å². The number of nitrogens with two attached hydrogens (primary N) is 1. The molecular formula is C11H15N3OS. The van der Waals surface area contributed by atoms with Crippen molar-refractivity contribution >= 4 is 21.6 Å². The van der Waals surface area contributed by atoms with Gasteiger partial charge in [0.25, 0.3) is 5.56 Å². The molecule has 16 heavy (non-hydrogen) atoms. The van der Waals surface area contributed by atoms with Crippen LogP contribution in [0, 0.1) is 6.92 Å². The molecule has 0 atom stereocenters. The summed E-state index contributed by atoms with van der Waals surface area (Å²) in [5, 5.41) is 0.734. The lowest BCUT2D eigenvalue weighted by Crippen LogP contribution is -2.20. The van der Waals surface area contributed by atoms with E-state index in [4.69, 9.17) is 5.73 Å². The number of aryl methyl sites for hydroxylation is 2. The topological polar surface area (TPSA) is 60.9 Å². The van der Waals surface area contributed by atoms with E-state index in [1.807, 2.05) is 13.0 Å². The van der Waals surface area contributed by atoms with Gasteiger partial charge in [-0.25, -0.2) is 4.98 Å². The minimum atomic E-state index is 0.0615. The fourth-order valence-corrected chi connectivity index (χ4v) is 2.50. The maximum atomic E-state index is 12.0. The average Bonchev–Trinajstić information content (AvgIpc) is 2.64. The standard InChI is InChI=1S/C11H15N3OS/c1-8-6-9-10(16-8)13-7-14(11(9)15)5-3-2-4-12/h6-7H,2-5,12H2,1H3. The smallest absolute Gasteiger partial charge is 0.262 e. The van der Waals surface area contributed by atoms with Crippen LogP contribution in [0.2, 0.25) is 0 Å². The quantitative estimate of drug-likeness (QED) is 0.820. The third-order valence-corrected chi connectivity index (χ3v) is 3.45. The predicted octanol–water partition coefficient (Wildman–Crippen LogP) is 1.51. The minimum absolute atomic E-state index is 0.0615. The lowest BCUT2D eigenvalue weighted by atomic mass is 10.3. The number of rotatable bonds is 4. The van der Waals surface area contributed by atoms with Crippen molar-refractivity contribution < 1.29 is 0 Å². The van der Waals surface area contributed by atoms with Crippen molar-refractivity contribution in [1.82, 2.24) is 9.55 Å². The fourth-order valence-electron chi connectivity index (χ4n) is 1.67. The number of nitrogens with zero attached hydrogens (tertiary/aromatic N) is 2. The molecule has 0 aromatic carbocycles. The summed E-state index contributed by atoms with van der Waals surface area (Å²) in [6, 6.07) is 1.91. The molecule has 0 saturated carbocycles. The normalized spacial score (nSPS) is 11.1. The fraction of sp³-hybridized carbons (Fsp3) is 0.455. The molecule has 2 rings (SSSR count). The molecule has 2 aromatic heterocycles. The minimum Gasteiger partial charge on any atom is -0.330 e. The molecule has 0 aliphatic rings. The van der Waals surface area contributed by atoms with Crippen LogP contribution in [0.5, 0.6) is 0 Å². The Morgan fingerprint density at radius 2 is 2.31 bits per heavy atom. The largest absolute Gasteiger partial charge is 0.330 e. The summed E-state index contributed by atoms with van der Waals surface area (Å²) in [5.74, 6) is 0. The van der Waals surface area contributed by atoms with Gasteiger partial charge in [-0.05, 0) is 32.4 Å². The second-order valence-electron chi connectivity index (χ2n) is 3.81. The van der Waals surface area contributed by atoms with Gasteiger partial charge in [0, 0.05) is 11.4 Å². The van der Waals surface area contributed by atoms with Crippen LogP contribution in [0.3, 0.4) is 0 Å². The molecule has 5 heteroatoms. The van der Waals surface area contributed by atoms with Gasteiger partial charge >= 0.3 is 0 Å². The first-order valence-electron chi connectivity index (χ1n) is 5.38.